The van der Waals surface area contributed by atoms with Gasteiger partial charge in [-0.05, 0) is 24.4 Å². The Morgan fingerprint density at radius 1 is 1.06 bits per heavy atom. The van der Waals surface area contributed by atoms with Gasteiger partial charge in [-0.1, -0.05) is 29.8 Å². The van der Waals surface area contributed by atoms with Crippen molar-refractivity contribution in [3.63, 3.8) is 0 Å². The van der Waals surface area contributed by atoms with Crippen LogP contribution in [0.4, 0.5) is 5.69 Å². The number of anilines is 1. The molecule has 0 unspecified atom stereocenters. The first kappa shape index (κ1) is 10.6. The minimum atomic E-state index is 1.09. The van der Waals surface area contributed by atoms with E-state index in [4.69, 9.17) is 0 Å². The van der Waals surface area contributed by atoms with E-state index in [0.717, 1.165) is 26.2 Å². The Morgan fingerprint density at radius 2 is 1.88 bits per heavy atom. The number of fused-ring (bicyclic) bond motifs is 1. The number of hydrogen-bond acceptors (Lipinski definition) is 2. The normalized spacial score (nSPS) is 16.4. The maximum atomic E-state index is 3.40. The van der Waals surface area contributed by atoms with E-state index in [0.29, 0.717) is 0 Å². The zero-order valence-electron chi connectivity index (χ0n) is 10.2. The molecule has 0 amide bonds. The van der Waals surface area contributed by atoms with Gasteiger partial charge in [0.25, 0.3) is 0 Å². The summed E-state index contributed by atoms with van der Waals surface area (Å²) in [6.07, 6.45) is 0. The summed E-state index contributed by atoms with van der Waals surface area (Å²) in [6, 6.07) is 13.3. The fraction of sp³-hybridized carbons (Fsp3) is 0.333. The molecule has 0 spiro atoms. The third-order valence-electron chi connectivity index (χ3n) is 3.47. The predicted octanol–water partition coefficient (Wildman–Crippen LogP) is 2.56. The summed E-state index contributed by atoms with van der Waals surface area (Å²) in [5.74, 6) is 0. The molecule has 1 aliphatic heterocycles. The second-order valence-electron chi connectivity index (χ2n) is 4.74. The minimum absolute atomic E-state index is 1.09. The number of rotatable bonds is 1. The standard InChI is InChI=1S/C15H18N2/c1-12-5-6-13-3-2-4-15(14(13)11-12)17-9-7-16-8-10-17/h2-6,11,16H,7-10H2,1H3. The van der Waals surface area contributed by atoms with Crippen molar-refractivity contribution in [2.75, 3.05) is 31.1 Å². The van der Waals surface area contributed by atoms with Gasteiger partial charge in [0.1, 0.15) is 0 Å². The Labute approximate surface area is 102 Å². The van der Waals surface area contributed by atoms with Crippen LogP contribution in [0.15, 0.2) is 36.4 Å². The average molecular weight is 226 g/mol. The minimum Gasteiger partial charge on any atom is -0.368 e. The van der Waals surface area contributed by atoms with Crippen molar-refractivity contribution in [2.24, 2.45) is 0 Å². The van der Waals surface area contributed by atoms with Gasteiger partial charge in [0.2, 0.25) is 0 Å². The first-order valence-corrected chi connectivity index (χ1v) is 6.30. The highest BCUT2D eigenvalue weighted by molar-refractivity contribution is 5.94. The van der Waals surface area contributed by atoms with E-state index in [9.17, 15) is 0 Å². The lowest BCUT2D eigenvalue weighted by Gasteiger charge is -2.30. The highest BCUT2D eigenvalue weighted by Gasteiger charge is 2.12. The van der Waals surface area contributed by atoms with Crippen molar-refractivity contribution in [1.82, 2.24) is 5.32 Å². The average Bonchev–Trinajstić information content (AvgIpc) is 2.39. The monoisotopic (exact) mass is 226 g/mol. The van der Waals surface area contributed by atoms with E-state index in [1.165, 1.54) is 22.0 Å². The van der Waals surface area contributed by atoms with Gasteiger partial charge in [0.15, 0.2) is 0 Å². The van der Waals surface area contributed by atoms with Crippen molar-refractivity contribution in [1.29, 1.82) is 0 Å². The molecule has 0 radical (unpaired) electrons. The molecular weight excluding hydrogens is 208 g/mol. The van der Waals surface area contributed by atoms with Crippen LogP contribution < -0.4 is 10.2 Å². The number of nitrogens with one attached hydrogen (secondary N) is 1. The number of aryl methyl sites for hydroxylation is 1. The largest absolute Gasteiger partial charge is 0.368 e. The van der Waals surface area contributed by atoms with Crippen LogP contribution in [-0.2, 0) is 0 Å². The lowest BCUT2D eigenvalue weighted by Crippen LogP contribution is -2.43. The SMILES string of the molecule is Cc1ccc2cccc(N3CCNCC3)c2c1. The highest BCUT2D eigenvalue weighted by atomic mass is 15.2. The molecule has 2 nitrogen and oxygen atoms in total. The van der Waals surface area contributed by atoms with Crippen LogP contribution in [0.25, 0.3) is 10.8 Å². The Hall–Kier alpha value is -1.54. The lowest BCUT2D eigenvalue weighted by molar-refractivity contribution is 0.590. The molecule has 0 bridgehead atoms. The van der Waals surface area contributed by atoms with Gasteiger partial charge in [-0.3, -0.25) is 0 Å². The van der Waals surface area contributed by atoms with Gasteiger partial charge in [0, 0.05) is 37.3 Å². The lowest BCUT2D eigenvalue weighted by atomic mass is 10.0. The van der Waals surface area contributed by atoms with Crippen LogP contribution >= 0.6 is 0 Å². The third kappa shape index (κ3) is 2.01. The molecule has 2 aromatic carbocycles. The summed E-state index contributed by atoms with van der Waals surface area (Å²) >= 11 is 0. The fourth-order valence-corrected chi connectivity index (χ4v) is 2.55. The van der Waals surface area contributed by atoms with Gasteiger partial charge in [0.05, 0.1) is 0 Å². The first-order valence-electron chi connectivity index (χ1n) is 6.30. The van der Waals surface area contributed by atoms with E-state index >= 15 is 0 Å². The van der Waals surface area contributed by atoms with Crippen molar-refractivity contribution in [2.45, 2.75) is 6.92 Å². The maximum Gasteiger partial charge on any atom is 0.0446 e. The van der Waals surface area contributed by atoms with Crippen molar-refractivity contribution in [3.8, 4) is 0 Å². The molecule has 1 fully saturated rings. The Bertz CT molecular complexity index is 527. The number of hydrogen-bond donors (Lipinski definition) is 1. The Morgan fingerprint density at radius 3 is 2.71 bits per heavy atom. The van der Waals surface area contributed by atoms with E-state index in [1.807, 2.05) is 0 Å². The molecule has 1 aliphatic rings. The van der Waals surface area contributed by atoms with Crippen LogP contribution in [0.1, 0.15) is 5.56 Å². The van der Waals surface area contributed by atoms with Crippen LogP contribution in [0, 0.1) is 6.92 Å². The molecule has 1 saturated heterocycles. The van der Waals surface area contributed by atoms with E-state index in [-0.39, 0.29) is 0 Å². The zero-order chi connectivity index (χ0) is 11.7. The molecule has 0 aliphatic carbocycles. The highest BCUT2D eigenvalue weighted by Crippen LogP contribution is 2.27. The van der Waals surface area contributed by atoms with Crippen LogP contribution in [0.5, 0.6) is 0 Å². The molecule has 0 saturated carbocycles. The molecule has 2 aromatic rings. The van der Waals surface area contributed by atoms with E-state index in [2.05, 4.69) is 53.5 Å². The summed E-state index contributed by atoms with van der Waals surface area (Å²) in [5, 5.41) is 6.13. The second kappa shape index (κ2) is 4.38. The topological polar surface area (TPSA) is 15.3 Å². The molecule has 3 rings (SSSR count). The van der Waals surface area contributed by atoms with Gasteiger partial charge in [-0.15, -0.1) is 0 Å². The summed E-state index contributed by atoms with van der Waals surface area (Å²) in [5.41, 5.74) is 2.72. The van der Waals surface area contributed by atoms with Crippen molar-refractivity contribution >= 4 is 16.5 Å². The van der Waals surface area contributed by atoms with Crippen LogP contribution in [0.3, 0.4) is 0 Å². The van der Waals surface area contributed by atoms with E-state index < -0.39 is 0 Å². The smallest absolute Gasteiger partial charge is 0.0446 e. The molecule has 1 heterocycles. The Balaban J connectivity index is 2.11. The molecule has 0 aromatic heterocycles. The molecule has 2 heteroatoms. The molecule has 0 atom stereocenters. The van der Waals surface area contributed by atoms with Crippen LogP contribution in [0.2, 0.25) is 0 Å². The predicted molar refractivity (Wildman–Crippen MR) is 73.8 cm³/mol. The summed E-state index contributed by atoms with van der Waals surface area (Å²) in [6.45, 7) is 6.54. The maximum absolute atomic E-state index is 3.40. The number of piperazine rings is 1. The molecule has 17 heavy (non-hydrogen) atoms. The third-order valence-corrected chi connectivity index (χ3v) is 3.47. The summed E-state index contributed by atoms with van der Waals surface area (Å²) in [7, 11) is 0. The summed E-state index contributed by atoms with van der Waals surface area (Å²) < 4.78 is 0. The van der Waals surface area contributed by atoms with Crippen molar-refractivity contribution in [3.05, 3.63) is 42.0 Å². The zero-order valence-corrected chi connectivity index (χ0v) is 10.2. The van der Waals surface area contributed by atoms with Crippen LogP contribution in [-0.4, -0.2) is 26.2 Å². The van der Waals surface area contributed by atoms with Gasteiger partial charge < -0.3 is 10.2 Å². The number of nitrogens with zero attached hydrogens (tertiary/aromatic N) is 1. The van der Waals surface area contributed by atoms with E-state index in [1.54, 1.807) is 0 Å². The van der Waals surface area contributed by atoms with Gasteiger partial charge in [-0.2, -0.15) is 0 Å². The number of benzene rings is 2. The quantitative estimate of drug-likeness (QED) is 0.804. The molecule has 88 valence electrons. The Kier molecular flexibility index (Phi) is 2.73. The van der Waals surface area contributed by atoms with Gasteiger partial charge >= 0.3 is 0 Å². The first-order chi connectivity index (χ1) is 8.34. The second-order valence-corrected chi connectivity index (χ2v) is 4.74. The molecular formula is C15H18N2. The molecule has 1 N–H and O–H groups in total. The summed E-state index contributed by atoms with van der Waals surface area (Å²) in [4.78, 5) is 2.48. The van der Waals surface area contributed by atoms with Crippen molar-refractivity contribution < 1.29 is 0 Å². The van der Waals surface area contributed by atoms with Gasteiger partial charge in [-0.25, -0.2) is 0 Å². The fourth-order valence-electron chi connectivity index (χ4n) is 2.55.